The van der Waals surface area contributed by atoms with Gasteiger partial charge in [0, 0.05) is 12.8 Å². The number of ether oxygens (including phenoxy) is 1. The standard InChI is InChI=1S/C17H31NO5.ClH.Na.H/c1-2-3-4-5-6-7-8-9-10-11-15(19)23-16(20)13-12-14(18)17(21)22;;;/h14H,2-13,18H2,1H3,(H,21,22);1H;;/t14-;;;/m0.../s1. The average molecular weight is 390 g/mol. The van der Waals surface area contributed by atoms with Gasteiger partial charge in [0.25, 0.3) is 0 Å². The summed E-state index contributed by atoms with van der Waals surface area (Å²) in [4.78, 5) is 33.3. The van der Waals surface area contributed by atoms with Gasteiger partial charge in [-0.2, -0.15) is 0 Å². The summed E-state index contributed by atoms with van der Waals surface area (Å²) in [5.74, 6) is -2.41. The van der Waals surface area contributed by atoms with Crippen molar-refractivity contribution < 1.29 is 24.2 Å². The Kier molecular flexibility index (Phi) is 23.9. The molecule has 0 aliphatic heterocycles. The second-order valence-electron chi connectivity index (χ2n) is 5.91. The van der Waals surface area contributed by atoms with Crippen LogP contribution in [-0.2, 0) is 19.1 Å². The summed E-state index contributed by atoms with van der Waals surface area (Å²) in [6.07, 6.45) is 10.4. The molecule has 0 saturated carbocycles. The summed E-state index contributed by atoms with van der Waals surface area (Å²) >= 11 is 0. The summed E-state index contributed by atoms with van der Waals surface area (Å²) in [5, 5.41) is 8.58. The summed E-state index contributed by atoms with van der Waals surface area (Å²) in [7, 11) is 0. The van der Waals surface area contributed by atoms with E-state index in [2.05, 4.69) is 11.7 Å². The first kappa shape index (κ1) is 29.6. The molecule has 0 amide bonds. The van der Waals surface area contributed by atoms with Crippen molar-refractivity contribution in [2.24, 2.45) is 5.73 Å². The van der Waals surface area contributed by atoms with E-state index in [1.165, 1.54) is 38.5 Å². The van der Waals surface area contributed by atoms with E-state index < -0.39 is 23.9 Å². The third-order valence-electron chi connectivity index (χ3n) is 3.69. The number of hydrogen-bond acceptors (Lipinski definition) is 5. The van der Waals surface area contributed by atoms with Gasteiger partial charge in [0.1, 0.15) is 6.04 Å². The van der Waals surface area contributed by atoms with Crippen LogP contribution >= 0.6 is 12.4 Å². The predicted octanol–water partition coefficient (Wildman–Crippen LogP) is 2.94. The first-order valence-corrected chi connectivity index (χ1v) is 8.69. The molecule has 0 saturated heterocycles. The van der Waals surface area contributed by atoms with Crippen molar-refractivity contribution in [1.29, 1.82) is 0 Å². The second kappa shape index (κ2) is 20.2. The molecule has 3 N–H and O–H groups in total. The van der Waals surface area contributed by atoms with Gasteiger partial charge in [-0.05, 0) is 12.8 Å². The molecule has 0 rings (SSSR count). The first-order valence-electron chi connectivity index (χ1n) is 8.69. The van der Waals surface area contributed by atoms with E-state index in [1.54, 1.807) is 0 Å². The molecule has 144 valence electrons. The van der Waals surface area contributed by atoms with Crippen LogP contribution in [0, 0.1) is 0 Å². The number of carbonyl (C=O) groups is 3. The number of nitrogens with two attached hydrogens (primary N) is 1. The molecule has 0 heterocycles. The zero-order valence-electron chi connectivity index (χ0n) is 14.6. The Morgan fingerprint density at radius 1 is 0.880 bits per heavy atom. The number of unbranched alkanes of at least 4 members (excludes halogenated alkanes) is 8. The molecular formula is C17H33ClNNaO5. The van der Waals surface area contributed by atoms with E-state index in [1.807, 2.05) is 0 Å². The summed E-state index contributed by atoms with van der Waals surface area (Å²) < 4.78 is 4.63. The van der Waals surface area contributed by atoms with E-state index in [0.717, 1.165) is 19.3 Å². The molecule has 0 aliphatic carbocycles. The Balaban J connectivity index is -0.00000242. The van der Waals surface area contributed by atoms with Crippen LogP contribution in [0.15, 0.2) is 0 Å². The molecule has 0 aromatic carbocycles. The number of hydrogen-bond donors (Lipinski definition) is 2. The van der Waals surface area contributed by atoms with Crippen LogP contribution in [0.1, 0.15) is 84.0 Å². The second-order valence-corrected chi connectivity index (χ2v) is 5.91. The summed E-state index contributed by atoms with van der Waals surface area (Å²) in [6, 6.07) is -1.10. The van der Waals surface area contributed by atoms with Crippen molar-refractivity contribution in [3.8, 4) is 0 Å². The van der Waals surface area contributed by atoms with E-state index in [9.17, 15) is 14.4 Å². The van der Waals surface area contributed by atoms with E-state index in [0.29, 0.717) is 0 Å². The fourth-order valence-electron chi connectivity index (χ4n) is 2.21. The molecule has 6 nitrogen and oxygen atoms in total. The van der Waals surface area contributed by atoms with E-state index in [4.69, 9.17) is 10.8 Å². The minimum atomic E-state index is -1.17. The third-order valence-corrected chi connectivity index (χ3v) is 3.69. The van der Waals surface area contributed by atoms with Gasteiger partial charge >= 0.3 is 47.5 Å². The molecule has 0 radical (unpaired) electrons. The number of carboxylic acids is 1. The Morgan fingerprint density at radius 3 is 1.80 bits per heavy atom. The van der Waals surface area contributed by atoms with Gasteiger partial charge in [-0.3, -0.25) is 14.4 Å². The van der Waals surface area contributed by atoms with Crippen molar-refractivity contribution in [3.05, 3.63) is 0 Å². The Bertz CT molecular complexity index is 369. The fourth-order valence-corrected chi connectivity index (χ4v) is 2.21. The van der Waals surface area contributed by atoms with E-state index in [-0.39, 0.29) is 61.2 Å². The maximum atomic E-state index is 11.4. The van der Waals surface area contributed by atoms with Gasteiger partial charge in [-0.1, -0.05) is 58.3 Å². The SMILES string of the molecule is CCCCCCCCCCCC(=O)OC(=O)CC[C@H](N)C(=O)O.Cl.[NaH]. The van der Waals surface area contributed by atoms with Crippen LogP contribution in [-0.4, -0.2) is 58.6 Å². The molecule has 8 heteroatoms. The van der Waals surface area contributed by atoms with Crippen molar-refractivity contribution in [1.82, 2.24) is 0 Å². The number of carbonyl (C=O) groups excluding carboxylic acids is 2. The summed E-state index contributed by atoms with van der Waals surface area (Å²) in [5.41, 5.74) is 5.27. The average Bonchev–Trinajstić information content (AvgIpc) is 2.50. The van der Waals surface area contributed by atoms with Crippen molar-refractivity contribution in [3.63, 3.8) is 0 Å². The molecular weight excluding hydrogens is 357 g/mol. The number of carboxylic acid groups (broad SMARTS) is 1. The topological polar surface area (TPSA) is 107 Å². The summed E-state index contributed by atoms with van der Waals surface area (Å²) in [6.45, 7) is 2.20. The third kappa shape index (κ3) is 20.0. The molecule has 0 spiro atoms. The van der Waals surface area contributed by atoms with Gasteiger partial charge in [0.05, 0.1) is 0 Å². The van der Waals surface area contributed by atoms with Crippen LogP contribution < -0.4 is 5.73 Å². The normalized spacial score (nSPS) is 11.0. The molecule has 0 bridgehead atoms. The number of rotatable bonds is 14. The van der Waals surface area contributed by atoms with E-state index >= 15 is 0 Å². The molecule has 1 atom stereocenters. The van der Waals surface area contributed by atoms with Crippen LogP contribution in [0.2, 0.25) is 0 Å². The van der Waals surface area contributed by atoms with Gasteiger partial charge < -0.3 is 15.6 Å². The van der Waals surface area contributed by atoms with Gasteiger partial charge in [-0.15, -0.1) is 12.4 Å². The van der Waals surface area contributed by atoms with Crippen LogP contribution in [0.3, 0.4) is 0 Å². The van der Waals surface area contributed by atoms with Crippen LogP contribution in [0.25, 0.3) is 0 Å². The maximum absolute atomic E-state index is 11.4. The number of halogens is 1. The monoisotopic (exact) mass is 389 g/mol. The quantitative estimate of drug-likeness (QED) is 0.205. The Morgan fingerprint density at radius 2 is 1.32 bits per heavy atom. The predicted molar refractivity (Wildman–Crippen MR) is 102 cm³/mol. The number of aliphatic carboxylic acids is 1. The zero-order valence-corrected chi connectivity index (χ0v) is 15.4. The van der Waals surface area contributed by atoms with Crippen molar-refractivity contribution >= 4 is 59.9 Å². The van der Waals surface area contributed by atoms with Gasteiger partial charge in [0.15, 0.2) is 0 Å². The molecule has 0 unspecified atom stereocenters. The minimum absolute atomic E-state index is 0. The Labute approximate surface area is 179 Å². The van der Waals surface area contributed by atoms with Crippen LogP contribution in [0.4, 0.5) is 0 Å². The van der Waals surface area contributed by atoms with Gasteiger partial charge in [0.2, 0.25) is 0 Å². The Hall–Kier alpha value is -0.140. The zero-order chi connectivity index (χ0) is 17.5. The molecule has 0 fully saturated rings. The fraction of sp³-hybridized carbons (Fsp3) is 0.824. The molecule has 0 aliphatic rings. The van der Waals surface area contributed by atoms with Crippen LogP contribution in [0.5, 0.6) is 0 Å². The number of esters is 2. The molecule has 0 aromatic heterocycles. The molecule has 25 heavy (non-hydrogen) atoms. The van der Waals surface area contributed by atoms with Gasteiger partial charge in [-0.25, -0.2) is 0 Å². The van der Waals surface area contributed by atoms with Crippen molar-refractivity contribution in [2.75, 3.05) is 0 Å². The van der Waals surface area contributed by atoms with Crippen molar-refractivity contribution in [2.45, 2.75) is 90.0 Å². The molecule has 0 aromatic rings. The first-order chi connectivity index (χ1) is 11.0.